The van der Waals surface area contributed by atoms with Gasteiger partial charge in [-0.2, -0.15) is 0 Å². The molecule has 0 spiro atoms. The molecule has 3 aromatic carbocycles. The highest BCUT2D eigenvalue weighted by atomic mass is 14.8. The van der Waals surface area contributed by atoms with Gasteiger partial charge in [0.15, 0.2) is 0 Å². The zero-order valence-corrected chi connectivity index (χ0v) is 12.2. The molecule has 100 valence electrons. The molecule has 3 aromatic rings. The first-order valence-electron chi connectivity index (χ1n) is 7.00. The fraction of sp³-hybridized carbons (Fsp3) is 0.211. The fourth-order valence-corrected chi connectivity index (χ4v) is 2.37. The van der Waals surface area contributed by atoms with Crippen LogP contribution in [0.15, 0.2) is 59.6 Å². The smallest absolute Gasteiger partial charge is 0.0524 e. The van der Waals surface area contributed by atoms with Crippen molar-refractivity contribution >= 4 is 27.8 Å². The molecule has 3 rings (SSSR count). The molecule has 0 aliphatic heterocycles. The van der Waals surface area contributed by atoms with Crippen LogP contribution in [-0.2, 0) is 0 Å². The summed E-state index contributed by atoms with van der Waals surface area (Å²) in [6.07, 6.45) is 2.00. The molecule has 0 aromatic heterocycles. The predicted molar refractivity (Wildman–Crippen MR) is 88.8 cm³/mol. The van der Waals surface area contributed by atoms with Crippen LogP contribution >= 0.6 is 0 Å². The molecule has 1 heteroatoms. The van der Waals surface area contributed by atoms with Crippen molar-refractivity contribution in [3.8, 4) is 0 Å². The standard InChI is InChI=1S/C19H19N/c1-19(2,3)20-13-17-10-6-9-16-11-14-7-4-5-8-15(14)12-18(16)17/h4-13H,1-3H3. The van der Waals surface area contributed by atoms with Gasteiger partial charge in [0.05, 0.1) is 5.54 Å². The van der Waals surface area contributed by atoms with E-state index in [1.165, 1.54) is 27.1 Å². The van der Waals surface area contributed by atoms with Crippen LogP contribution in [0.3, 0.4) is 0 Å². The summed E-state index contributed by atoms with van der Waals surface area (Å²) in [7, 11) is 0. The van der Waals surface area contributed by atoms with Crippen LogP contribution in [0.1, 0.15) is 26.3 Å². The van der Waals surface area contributed by atoms with Crippen molar-refractivity contribution in [1.29, 1.82) is 0 Å². The molecule has 0 unspecified atom stereocenters. The molecular formula is C19H19N. The summed E-state index contributed by atoms with van der Waals surface area (Å²) in [5.41, 5.74) is 1.14. The minimum absolute atomic E-state index is 0.0426. The maximum Gasteiger partial charge on any atom is 0.0524 e. The maximum atomic E-state index is 4.63. The van der Waals surface area contributed by atoms with Crippen LogP contribution in [-0.4, -0.2) is 11.8 Å². The second-order valence-electron chi connectivity index (χ2n) is 6.20. The molecule has 0 bridgehead atoms. The third-order valence-electron chi connectivity index (χ3n) is 3.37. The highest BCUT2D eigenvalue weighted by Crippen LogP contribution is 2.25. The van der Waals surface area contributed by atoms with Crippen molar-refractivity contribution in [1.82, 2.24) is 0 Å². The van der Waals surface area contributed by atoms with Gasteiger partial charge in [-0.3, -0.25) is 4.99 Å². The van der Waals surface area contributed by atoms with E-state index in [-0.39, 0.29) is 5.54 Å². The number of benzene rings is 3. The van der Waals surface area contributed by atoms with Crippen molar-refractivity contribution in [3.63, 3.8) is 0 Å². The quantitative estimate of drug-likeness (QED) is 0.421. The summed E-state index contributed by atoms with van der Waals surface area (Å²) in [6, 6.07) is 19.4. The molecular weight excluding hydrogens is 242 g/mol. The summed E-state index contributed by atoms with van der Waals surface area (Å²) >= 11 is 0. The molecule has 0 aliphatic carbocycles. The number of fused-ring (bicyclic) bond motifs is 2. The van der Waals surface area contributed by atoms with Crippen molar-refractivity contribution < 1.29 is 0 Å². The van der Waals surface area contributed by atoms with E-state index in [1.807, 2.05) is 6.21 Å². The molecule has 0 saturated carbocycles. The number of rotatable bonds is 1. The zero-order valence-electron chi connectivity index (χ0n) is 12.2. The molecule has 0 fully saturated rings. The first-order chi connectivity index (χ1) is 9.53. The molecule has 0 atom stereocenters. The van der Waals surface area contributed by atoms with Crippen molar-refractivity contribution in [2.75, 3.05) is 0 Å². The van der Waals surface area contributed by atoms with Crippen LogP contribution in [0, 0.1) is 0 Å². The highest BCUT2D eigenvalue weighted by molar-refractivity contribution is 6.06. The Balaban J connectivity index is 2.23. The number of hydrogen-bond donors (Lipinski definition) is 0. The minimum Gasteiger partial charge on any atom is -0.287 e. The molecule has 0 saturated heterocycles. The number of hydrogen-bond acceptors (Lipinski definition) is 1. The van der Waals surface area contributed by atoms with Gasteiger partial charge in [-0.15, -0.1) is 0 Å². The topological polar surface area (TPSA) is 12.4 Å². The Hall–Kier alpha value is -2.15. The Bertz CT molecular complexity index is 792. The third-order valence-corrected chi connectivity index (χ3v) is 3.37. The van der Waals surface area contributed by atoms with Crippen LogP contribution in [0.2, 0.25) is 0 Å². The SMILES string of the molecule is CC(C)(C)N=Cc1cccc2cc3ccccc3cc12. The average molecular weight is 261 g/mol. The van der Waals surface area contributed by atoms with E-state index < -0.39 is 0 Å². The maximum absolute atomic E-state index is 4.63. The molecule has 0 N–H and O–H groups in total. The summed E-state index contributed by atoms with van der Waals surface area (Å²) in [5, 5.41) is 5.09. The van der Waals surface area contributed by atoms with Gasteiger partial charge in [0.2, 0.25) is 0 Å². The highest BCUT2D eigenvalue weighted by Gasteiger charge is 2.06. The second-order valence-corrected chi connectivity index (χ2v) is 6.20. The third kappa shape index (κ3) is 2.57. The van der Waals surface area contributed by atoms with Gasteiger partial charge in [-0.1, -0.05) is 42.5 Å². The Morgan fingerprint density at radius 1 is 0.800 bits per heavy atom. The second kappa shape index (κ2) is 4.75. The normalized spacial score (nSPS) is 12.6. The molecule has 20 heavy (non-hydrogen) atoms. The van der Waals surface area contributed by atoms with Gasteiger partial charge in [0, 0.05) is 11.8 Å². The lowest BCUT2D eigenvalue weighted by atomic mass is 10.00. The predicted octanol–water partition coefficient (Wildman–Crippen LogP) is 5.21. The Morgan fingerprint density at radius 2 is 1.45 bits per heavy atom. The first kappa shape index (κ1) is 12.9. The van der Waals surface area contributed by atoms with Gasteiger partial charge in [-0.25, -0.2) is 0 Å². The lowest BCUT2D eigenvalue weighted by Gasteiger charge is -2.11. The van der Waals surface area contributed by atoms with E-state index in [1.54, 1.807) is 0 Å². The van der Waals surface area contributed by atoms with Gasteiger partial charge in [-0.05, 0) is 54.4 Å². The van der Waals surface area contributed by atoms with Crippen LogP contribution in [0.25, 0.3) is 21.5 Å². The Morgan fingerprint density at radius 3 is 2.15 bits per heavy atom. The molecule has 0 amide bonds. The van der Waals surface area contributed by atoms with Gasteiger partial charge in [0.1, 0.15) is 0 Å². The van der Waals surface area contributed by atoms with Gasteiger partial charge in [0.25, 0.3) is 0 Å². The number of aliphatic imine (C=N–C) groups is 1. The van der Waals surface area contributed by atoms with Gasteiger partial charge < -0.3 is 0 Å². The molecule has 1 nitrogen and oxygen atoms in total. The lowest BCUT2D eigenvalue weighted by Crippen LogP contribution is -2.09. The summed E-state index contributed by atoms with van der Waals surface area (Å²) in [4.78, 5) is 4.63. The average Bonchev–Trinajstić information content (AvgIpc) is 2.42. The first-order valence-corrected chi connectivity index (χ1v) is 7.00. The number of nitrogens with zero attached hydrogens (tertiary/aromatic N) is 1. The summed E-state index contributed by atoms with van der Waals surface area (Å²) < 4.78 is 0. The minimum atomic E-state index is -0.0426. The van der Waals surface area contributed by atoms with E-state index in [4.69, 9.17) is 0 Å². The lowest BCUT2D eigenvalue weighted by molar-refractivity contribution is 0.587. The van der Waals surface area contributed by atoms with E-state index >= 15 is 0 Å². The van der Waals surface area contributed by atoms with Crippen LogP contribution in [0.4, 0.5) is 0 Å². The van der Waals surface area contributed by atoms with Crippen LogP contribution in [0.5, 0.6) is 0 Å². The zero-order chi connectivity index (χ0) is 14.2. The van der Waals surface area contributed by atoms with E-state index in [9.17, 15) is 0 Å². The van der Waals surface area contributed by atoms with Crippen LogP contribution < -0.4 is 0 Å². The largest absolute Gasteiger partial charge is 0.287 e. The van der Waals surface area contributed by atoms with Gasteiger partial charge >= 0.3 is 0 Å². The van der Waals surface area contributed by atoms with E-state index in [0.29, 0.717) is 0 Å². The fourth-order valence-electron chi connectivity index (χ4n) is 2.37. The molecule has 0 aliphatic rings. The van der Waals surface area contributed by atoms with E-state index in [0.717, 1.165) is 0 Å². The van der Waals surface area contributed by atoms with E-state index in [2.05, 4.69) is 80.4 Å². The van der Waals surface area contributed by atoms with Crippen molar-refractivity contribution in [2.45, 2.75) is 26.3 Å². The van der Waals surface area contributed by atoms with Crippen molar-refractivity contribution in [3.05, 3.63) is 60.2 Å². The Labute approximate surface area is 120 Å². The Kier molecular flexibility index (Phi) is 3.06. The van der Waals surface area contributed by atoms with Crippen molar-refractivity contribution in [2.24, 2.45) is 4.99 Å². The monoisotopic (exact) mass is 261 g/mol. The summed E-state index contributed by atoms with van der Waals surface area (Å²) in [6.45, 7) is 6.35. The molecule has 0 heterocycles. The summed E-state index contributed by atoms with van der Waals surface area (Å²) in [5.74, 6) is 0. The molecule has 0 radical (unpaired) electrons.